The number of nitrogens with zero attached hydrogens (tertiary/aromatic N) is 2. The minimum absolute atomic E-state index is 0.246. The Labute approximate surface area is 130 Å². The van der Waals surface area contributed by atoms with Gasteiger partial charge in [-0.2, -0.15) is 0 Å². The van der Waals surface area contributed by atoms with Gasteiger partial charge in [-0.25, -0.2) is 9.97 Å². The Bertz CT molecular complexity index is 638. The fourth-order valence-corrected chi connectivity index (χ4v) is 3.56. The Morgan fingerprint density at radius 3 is 2.82 bits per heavy atom. The average Bonchev–Trinajstić information content (AvgIpc) is 3.09. The fraction of sp³-hybridized carbons (Fsp3) is 0.444. The number of aromatic nitrogens is 2. The minimum Gasteiger partial charge on any atom is -0.473 e. The normalized spacial score (nSPS) is 24.0. The lowest BCUT2D eigenvalue weighted by atomic mass is 9.82. The molecule has 0 radical (unpaired) electrons. The predicted octanol–water partition coefficient (Wildman–Crippen LogP) is 2.69. The van der Waals surface area contributed by atoms with Gasteiger partial charge >= 0.3 is 0 Å². The van der Waals surface area contributed by atoms with Crippen LogP contribution in [-0.2, 0) is 6.42 Å². The fourth-order valence-electron chi connectivity index (χ4n) is 3.56. The molecule has 2 unspecified atom stereocenters. The second-order valence-electron chi connectivity index (χ2n) is 6.13. The molecule has 1 aliphatic heterocycles. The van der Waals surface area contributed by atoms with Crippen LogP contribution in [0, 0.1) is 0 Å². The first kappa shape index (κ1) is 13.7. The Balaban J connectivity index is 1.67. The molecular formula is C18H21N3O. The van der Waals surface area contributed by atoms with Crippen molar-refractivity contribution in [2.45, 2.75) is 37.7 Å². The van der Waals surface area contributed by atoms with Gasteiger partial charge in [0.25, 0.3) is 0 Å². The molecule has 0 saturated carbocycles. The van der Waals surface area contributed by atoms with Gasteiger partial charge in [0, 0.05) is 18.0 Å². The Morgan fingerprint density at radius 1 is 1.09 bits per heavy atom. The van der Waals surface area contributed by atoms with Gasteiger partial charge in [-0.05, 0) is 37.8 Å². The van der Waals surface area contributed by atoms with Crippen molar-refractivity contribution >= 4 is 0 Å². The third-order valence-electron chi connectivity index (χ3n) is 4.68. The highest BCUT2D eigenvalue weighted by atomic mass is 16.5. The maximum absolute atomic E-state index is 6.14. The van der Waals surface area contributed by atoms with E-state index in [9.17, 15) is 0 Å². The highest BCUT2D eigenvalue weighted by Gasteiger charge is 2.27. The van der Waals surface area contributed by atoms with Crippen molar-refractivity contribution in [3.63, 3.8) is 0 Å². The smallest absolute Gasteiger partial charge is 0.220 e. The van der Waals surface area contributed by atoms with Crippen LogP contribution in [0.4, 0.5) is 0 Å². The van der Waals surface area contributed by atoms with Crippen LogP contribution in [0.25, 0.3) is 0 Å². The molecule has 1 aromatic carbocycles. The number of rotatable bonds is 3. The van der Waals surface area contributed by atoms with Gasteiger partial charge in [0.2, 0.25) is 5.88 Å². The molecule has 0 spiro atoms. The molecule has 0 bridgehead atoms. The molecular weight excluding hydrogens is 274 g/mol. The first-order valence-electron chi connectivity index (χ1n) is 8.18. The lowest BCUT2D eigenvalue weighted by Gasteiger charge is -2.26. The predicted molar refractivity (Wildman–Crippen MR) is 85.2 cm³/mol. The summed E-state index contributed by atoms with van der Waals surface area (Å²) >= 11 is 0. The van der Waals surface area contributed by atoms with Crippen LogP contribution in [-0.4, -0.2) is 29.2 Å². The second-order valence-corrected chi connectivity index (χ2v) is 6.13. The number of nitrogens with one attached hydrogen (secondary N) is 1. The summed E-state index contributed by atoms with van der Waals surface area (Å²) in [5.41, 5.74) is 3.72. The van der Waals surface area contributed by atoms with E-state index < -0.39 is 0 Å². The van der Waals surface area contributed by atoms with Crippen molar-refractivity contribution in [3.05, 3.63) is 53.5 Å². The largest absolute Gasteiger partial charge is 0.473 e. The molecule has 1 N–H and O–H groups in total. The summed E-state index contributed by atoms with van der Waals surface area (Å²) < 4.78 is 6.14. The molecule has 2 aliphatic rings. The van der Waals surface area contributed by atoms with Gasteiger partial charge in [0.1, 0.15) is 12.4 Å². The van der Waals surface area contributed by atoms with Crippen molar-refractivity contribution in [2.75, 3.05) is 13.1 Å². The van der Waals surface area contributed by atoms with E-state index in [-0.39, 0.29) is 6.10 Å². The molecule has 2 atom stereocenters. The van der Waals surface area contributed by atoms with Crippen molar-refractivity contribution in [2.24, 2.45) is 0 Å². The molecule has 4 nitrogen and oxygen atoms in total. The van der Waals surface area contributed by atoms with Gasteiger partial charge in [0.15, 0.2) is 0 Å². The quantitative estimate of drug-likeness (QED) is 0.946. The van der Waals surface area contributed by atoms with E-state index in [1.165, 1.54) is 17.5 Å². The third-order valence-corrected chi connectivity index (χ3v) is 4.68. The minimum atomic E-state index is 0.246. The van der Waals surface area contributed by atoms with Gasteiger partial charge in [0.05, 0.1) is 5.69 Å². The molecule has 1 aromatic heterocycles. The summed E-state index contributed by atoms with van der Waals surface area (Å²) in [6.45, 7) is 1.95. The Hall–Kier alpha value is -1.94. The SMILES string of the molecule is c1ccc(C2CCCc3c(OC4CCNC4)ncnc32)cc1. The lowest BCUT2D eigenvalue weighted by Crippen LogP contribution is -2.22. The third kappa shape index (κ3) is 2.59. The number of hydrogen-bond donors (Lipinski definition) is 1. The van der Waals surface area contributed by atoms with Gasteiger partial charge in [-0.3, -0.25) is 0 Å². The molecule has 22 heavy (non-hydrogen) atoms. The first-order chi connectivity index (χ1) is 10.9. The summed E-state index contributed by atoms with van der Waals surface area (Å²) in [6.07, 6.45) is 6.31. The lowest BCUT2D eigenvalue weighted by molar-refractivity contribution is 0.210. The maximum Gasteiger partial charge on any atom is 0.220 e. The van der Waals surface area contributed by atoms with Crippen molar-refractivity contribution < 1.29 is 4.74 Å². The molecule has 4 rings (SSSR count). The molecule has 2 heterocycles. The molecule has 1 saturated heterocycles. The van der Waals surface area contributed by atoms with E-state index in [4.69, 9.17) is 4.74 Å². The topological polar surface area (TPSA) is 47.0 Å². The number of hydrogen-bond acceptors (Lipinski definition) is 4. The number of fused-ring (bicyclic) bond motifs is 1. The zero-order chi connectivity index (χ0) is 14.8. The van der Waals surface area contributed by atoms with E-state index in [0.717, 1.165) is 43.9 Å². The first-order valence-corrected chi connectivity index (χ1v) is 8.18. The van der Waals surface area contributed by atoms with E-state index in [1.807, 2.05) is 0 Å². The monoisotopic (exact) mass is 295 g/mol. The van der Waals surface area contributed by atoms with Crippen LogP contribution in [0.3, 0.4) is 0 Å². The summed E-state index contributed by atoms with van der Waals surface area (Å²) in [5, 5.41) is 3.34. The van der Waals surface area contributed by atoms with E-state index in [0.29, 0.717) is 5.92 Å². The van der Waals surface area contributed by atoms with E-state index >= 15 is 0 Å². The molecule has 1 aliphatic carbocycles. The molecule has 0 amide bonds. The molecule has 1 fully saturated rings. The van der Waals surface area contributed by atoms with Crippen LogP contribution in [0.2, 0.25) is 0 Å². The Morgan fingerprint density at radius 2 is 2.00 bits per heavy atom. The van der Waals surface area contributed by atoms with Crippen LogP contribution in [0.15, 0.2) is 36.7 Å². The molecule has 4 heteroatoms. The Kier molecular flexibility index (Phi) is 3.77. The van der Waals surface area contributed by atoms with Crippen LogP contribution < -0.4 is 10.1 Å². The summed E-state index contributed by atoms with van der Waals surface area (Å²) in [6, 6.07) is 10.7. The number of benzene rings is 1. The zero-order valence-electron chi connectivity index (χ0n) is 12.7. The van der Waals surface area contributed by atoms with E-state index in [1.54, 1.807) is 6.33 Å². The average molecular weight is 295 g/mol. The maximum atomic E-state index is 6.14. The second kappa shape index (κ2) is 6.05. The molecule has 2 aromatic rings. The van der Waals surface area contributed by atoms with Gasteiger partial charge < -0.3 is 10.1 Å². The van der Waals surface area contributed by atoms with Crippen LogP contribution in [0.5, 0.6) is 5.88 Å². The van der Waals surface area contributed by atoms with Crippen molar-refractivity contribution in [1.82, 2.24) is 15.3 Å². The van der Waals surface area contributed by atoms with Crippen LogP contribution >= 0.6 is 0 Å². The highest BCUT2D eigenvalue weighted by Crippen LogP contribution is 2.38. The highest BCUT2D eigenvalue weighted by molar-refractivity contribution is 5.40. The summed E-state index contributed by atoms with van der Waals surface area (Å²) in [4.78, 5) is 9.03. The summed E-state index contributed by atoms with van der Waals surface area (Å²) in [5.74, 6) is 1.18. The van der Waals surface area contributed by atoms with Gasteiger partial charge in [-0.15, -0.1) is 0 Å². The van der Waals surface area contributed by atoms with E-state index in [2.05, 4.69) is 45.6 Å². The molecule has 114 valence electrons. The van der Waals surface area contributed by atoms with Crippen molar-refractivity contribution in [1.29, 1.82) is 0 Å². The zero-order valence-corrected chi connectivity index (χ0v) is 12.7. The van der Waals surface area contributed by atoms with Gasteiger partial charge in [-0.1, -0.05) is 30.3 Å². The summed E-state index contributed by atoms with van der Waals surface area (Å²) in [7, 11) is 0. The van der Waals surface area contributed by atoms with Crippen molar-refractivity contribution in [3.8, 4) is 5.88 Å². The van der Waals surface area contributed by atoms with Crippen LogP contribution in [0.1, 0.15) is 42.0 Å². The standard InChI is InChI=1S/C18H21N3O/c1-2-5-13(6-3-1)15-7-4-8-16-17(15)20-12-21-18(16)22-14-9-10-19-11-14/h1-3,5-6,12,14-15,19H,4,7-11H2. The number of ether oxygens (including phenoxy) is 1.